The molecule has 1 aliphatic rings. The number of nitrogens with two attached hydrogens (primary N) is 1. The summed E-state index contributed by atoms with van der Waals surface area (Å²) in [4.78, 5) is 21.9. The van der Waals surface area contributed by atoms with Gasteiger partial charge in [-0.15, -0.1) is 0 Å². The molecular weight excluding hydrogens is 212 g/mol. The van der Waals surface area contributed by atoms with Crippen LogP contribution < -0.4 is 11.1 Å². The normalized spacial score (nSPS) is 19.1. The molecule has 0 saturated carbocycles. The molecule has 92 valence electrons. The molecule has 1 amide bonds. The van der Waals surface area contributed by atoms with E-state index in [1.54, 1.807) is 0 Å². The minimum atomic E-state index is -1.07. The molecule has 0 radical (unpaired) electrons. The van der Waals surface area contributed by atoms with Crippen LogP contribution in [0.4, 0.5) is 0 Å². The standard InChI is InChI=1S/C10H18N2O4/c11-8(10(14)15)1-2-9(13)12-7-3-5-16-6-4-7/h7-8H,1-6,11H2,(H,12,13)(H,14,15)/t8-/m0/s1. The lowest BCUT2D eigenvalue weighted by atomic mass is 10.1. The van der Waals surface area contributed by atoms with Gasteiger partial charge >= 0.3 is 5.97 Å². The minimum Gasteiger partial charge on any atom is -0.480 e. The van der Waals surface area contributed by atoms with Crippen molar-refractivity contribution < 1.29 is 19.4 Å². The van der Waals surface area contributed by atoms with Crippen molar-refractivity contribution in [1.82, 2.24) is 5.32 Å². The fourth-order valence-electron chi connectivity index (χ4n) is 1.55. The van der Waals surface area contributed by atoms with Crippen LogP contribution in [-0.4, -0.2) is 42.3 Å². The lowest BCUT2D eigenvalue weighted by molar-refractivity contribution is -0.138. The van der Waals surface area contributed by atoms with Gasteiger partial charge in [-0.2, -0.15) is 0 Å². The van der Waals surface area contributed by atoms with Crippen molar-refractivity contribution in [1.29, 1.82) is 0 Å². The Morgan fingerprint density at radius 3 is 2.62 bits per heavy atom. The largest absolute Gasteiger partial charge is 0.480 e. The van der Waals surface area contributed by atoms with Gasteiger partial charge in [-0.05, 0) is 19.3 Å². The summed E-state index contributed by atoms with van der Waals surface area (Å²) >= 11 is 0. The Labute approximate surface area is 94.1 Å². The second-order valence-electron chi connectivity index (χ2n) is 3.94. The lowest BCUT2D eigenvalue weighted by Crippen LogP contribution is -2.40. The highest BCUT2D eigenvalue weighted by atomic mass is 16.5. The number of carbonyl (C=O) groups is 2. The molecule has 4 N–H and O–H groups in total. The maximum absolute atomic E-state index is 11.4. The predicted molar refractivity (Wildman–Crippen MR) is 56.8 cm³/mol. The van der Waals surface area contributed by atoms with E-state index >= 15 is 0 Å². The van der Waals surface area contributed by atoms with Crippen molar-refractivity contribution in [3.05, 3.63) is 0 Å². The molecule has 0 aromatic heterocycles. The van der Waals surface area contributed by atoms with Gasteiger partial charge in [0.25, 0.3) is 0 Å². The second-order valence-corrected chi connectivity index (χ2v) is 3.94. The summed E-state index contributed by atoms with van der Waals surface area (Å²) in [7, 11) is 0. The number of nitrogens with one attached hydrogen (secondary N) is 1. The van der Waals surface area contributed by atoms with Crippen LogP contribution in [0.25, 0.3) is 0 Å². The Morgan fingerprint density at radius 1 is 1.44 bits per heavy atom. The Hall–Kier alpha value is -1.14. The molecule has 16 heavy (non-hydrogen) atoms. The number of carboxylic acid groups (broad SMARTS) is 1. The molecule has 0 bridgehead atoms. The number of aliphatic carboxylic acids is 1. The van der Waals surface area contributed by atoms with Crippen molar-refractivity contribution in [2.75, 3.05) is 13.2 Å². The molecule has 1 atom stereocenters. The molecular formula is C10H18N2O4. The van der Waals surface area contributed by atoms with E-state index in [0.717, 1.165) is 12.8 Å². The van der Waals surface area contributed by atoms with Gasteiger partial charge in [0.05, 0.1) is 0 Å². The minimum absolute atomic E-state index is 0.136. The summed E-state index contributed by atoms with van der Waals surface area (Å²) in [5.74, 6) is -1.21. The van der Waals surface area contributed by atoms with Crippen LogP contribution in [0.1, 0.15) is 25.7 Å². The topological polar surface area (TPSA) is 102 Å². The average Bonchev–Trinajstić information content (AvgIpc) is 2.27. The van der Waals surface area contributed by atoms with Crippen LogP contribution in [0.2, 0.25) is 0 Å². The summed E-state index contributed by atoms with van der Waals surface area (Å²) in [5, 5.41) is 11.4. The maximum Gasteiger partial charge on any atom is 0.320 e. The highest BCUT2D eigenvalue weighted by Crippen LogP contribution is 2.06. The van der Waals surface area contributed by atoms with Crippen LogP contribution in [-0.2, 0) is 14.3 Å². The Kier molecular flexibility index (Phi) is 5.21. The van der Waals surface area contributed by atoms with Gasteiger partial charge in [0, 0.05) is 25.7 Å². The van der Waals surface area contributed by atoms with E-state index in [9.17, 15) is 9.59 Å². The van der Waals surface area contributed by atoms with E-state index in [1.165, 1.54) is 0 Å². The number of hydrogen-bond donors (Lipinski definition) is 3. The van der Waals surface area contributed by atoms with E-state index in [1.807, 2.05) is 0 Å². The molecule has 0 aromatic rings. The van der Waals surface area contributed by atoms with Crippen molar-refractivity contribution >= 4 is 11.9 Å². The van der Waals surface area contributed by atoms with Gasteiger partial charge in [-0.3, -0.25) is 9.59 Å². The molecule has 1 fully saturated rings. The first-order valence-electron chi connectivity index (χ1n) is 5.45. The van der Waals surface area contributed by atoms with Crippen LogP contribution >= 0.6 is 0 Å². The highest BCUT2D eigenvalue weighted by molar-refractivity contribution is 5.78. The van der Waals surface area contributed by atoms with Crippen LogP contribution in [0.15, 0.2) is 0 Å². The van der Waals surface area contributed by atoms with Crippen LogP contribution in [0, 0.1) is 0 Å². The van der Waals surface area contributed by atoms with E-state index in [2.05, 4.69) is 5.32 Å². The highest BCUT2D eigenvalue weighted by Gasteiger charge is 2.18. The number of rotatable bonds is 5. The predicted octanol–water partition coefficient (Wildman–Crippen LogP) is -0.526. The zero-order valence-corrected chi connectivity index (χ0v) is 9.15. The lowest BCUT2D eigenvalue weighted by Gasteiger charge is -2.23. The summed E-state index contributed by atoms with van der Waals surface area (Å²) in [6, 6.07) is -0.803. The van der Waals surface area contributed by atoms with Crippen molar-refractivity contribution in [2.45, 2.75) is 37.8 Å². The van der Waals surface area contributed by atoms with Crippen LogP contribution in [0.3, 0.4) is 0 Å². The number of amides is 1. The fraction of sp³-hybridized carbons (Fsp3) is 0.800. The maximum atomic E-state index is 11.4. The van der Waals surface area contributed by atoms with Crippen molar-refractivity contribution in [3.8, 4) is 0 Å². The average molecular weight is 230 g/mol. The van der Waals surface area contributed by atoms with E-state index in [4.69, 9.17) is 15.6 Å². The van der Waals surface area contributed by atoms with Gasteiger partial charge in [0.1, 0.15) is 6.04 Å². The second kappa shape index (κ2) is 6.44. The molecule has 1 aliphatic heterocycles. The number of carbonyl (C=O) groups excluding carboxylic acids is 1. The summed E-state index contributed by atoms with van der Waals surface area (Å²) < 4.78 is 5.16. The quantitative estimate of drug-likeness (QED) is 0.589. The number of carboxylic acids is 1. The summed E-state index contributed by atoms with van der Waals surface area (Å²) in [6.07, 6.45) is 1.96. The molecule has 0 aromatic carbocycles. The van der Waals surface area contributed by atoms with Gasteiger partial charge in [0.15, 0.2) is 0 Å². The summed E-state index contributed by atoms with van der Waals surface area (Å²) in [6.45, 7) is 1.33. The fourth-order valence-corrected chi connectivity index (χ4v) is 1.55. The van der Waals surface area contributed by atoms with E-state index in [-0.39, 0.29) is 24.8 Å². The van der Waals surface area contributed by atoms with Crippen LogP contribution in [0.5, 0.6) is 0 Å². The van der Waals surface area contributed by atoms with E-state index < -0.39 is 12.0 Å². The molecule has 6 heteroatoms. The third kappa shape index (κ3) is 4.59. The molecule has 1 rings (SSSR count). The van der Waals surface area contributed by atoms with E-state index in [0.29, 0.717) is 13.2 Å². The Morgan fingerprint density at radius 2 is 2.06 bits per heavy atom. The first-order chi connectivity index (χ1) is 7.59. The molecule has 0 unspecified atom stereocenters. The van der Waals surface area contributed by atoms with Gasteiger partial charge in [-0.25, -0.2) is 0 Å². The van der Waals surface area contributed by atoms with Crippen molar-refractivity contribution in [2.24, 2.45) is 5.73 Å². The third-order valence-corrected chi connectivity index (χ3v) is 2.59. The zero-order chi connectivity index (χ0) is 12.0. The third-order valence-electron chi connectivity index (χ3n) is 2.59. The Balaban J connectivity index is 2.17. The SMILES string of the molecule is N[C@@H](CCC(=O)NC1CCOCC1)C(=O)O. The number of ether oxygens (including phenoxy) is 1. The molecule has 1 saturated heterocycles. The smallest absolute Gasteiger partial charge is 0.320 e. The molecule has 0 spiro atoms. The molecule has 1 heterocycles. The first kappa shape index (κ1) is 12.9. The molecule has 6 nitrogen and oxygen atoms in total. The monoisotopic (exact) mass is 230 g/mol. The zero-order valence-electron chi connectivity index (χ0n) is 9.15. The van der Waals surface area contributed by atoms with Gasteiger partial charge < -0.3 is 20.9 Å². The molecule has 0 aliphatic carbocycles. The Bertz CT molecular complexity index is 251. The number of hydrogen-bond acceptors (Lipinski definition) is 4. The first-order valence-corrected chi connectivity index (χ1v) is 5.45. The van der Waals surface area contributed by atoms with Crippen molar-refractivity contribution in [3.63, 3.8) is 0 Å². The summed E-state index contributed by atoms with van der Waals surface area (Å²) in [5.41, 5.74) is 5.30. The van der Waals surface area contributed by atoms with Gasteiger partial charge in [0.2, 0.25) is 5.91 Å². The van der Waals surface area contributed by atoms with Gasteiger partial charge in [-0.1, -0.05) is 0 Å².